The fourth-order valence-electron chi connectivity index (χ4n) is 2.77. The van der Waals surface area contributed by atoms with Crippen molar-refractivity contribution in [1.82, 2.24) is 25.0 Å². The van der Waals surface area contributed by atoms with Gasteiger partial charge in [-0.1, -0.05) is 32.9 Å². The number of guanidine groups is 1. The molecule has 0 aliphatic heterocycles. The molecule has 1 heterocycles. The normalized spacial score (nSPS) is 12.8. The van der Waals surface area contributed by atoms with E-state index in [9.17, 15) is 8.42 Å². The summed E-state index contributed by atoms with van der Waals surface area (Å²) in [6, 6.07) is 7.14. The van der Waals surface area contributed by atoms with Crippen molar-refractivity contribution in [2.75, 3.05) is 25.9 Å². The van der Waals surface area contributed by atoms with Crippen molar-refractivity contribution in [1.29, 1.82) is 0 Å². The van der Waals surface area contributed by atoms with E-state index in [1.54, 1.807) is 16.8 Å². The van der Waals surface area contributed by atoms with Gasteiger partial charge in [-0.2, -0.15) is 5.10 Å². The largest absolute Gasteiger partial charge is 0.357 e. The Morgan fingerprint density at radius 2 is 1.90 bits per heavy atom. The summed E-state index contributed by atoms with van der Waals surface area (Å²) in [4.78, 5) is 10.9. The first-order chi connectivity index (χ1) is 13.5. The number of hydrogen-bond acceptors (Lipinski definition) is 5. The molecule has 29 heavy (non-hydrogen) atoms. The van der Waals surface area contributed by atoms with Gasteiger partial charge in [0, 0.05) is 20.6 Å². The van der Waals surface area contributed by atoms with Crippen LogP contribution in [0.3, 0.4) is 0 Å². The smallest absolute Gasteiger partial charge is 0.194 e. The first-order valence-electron chi connectivity index (χ1n) is 9.70. The lowest BCUT2D eigenvalue weighted by Gasteiger charge is -2.21. The molecule has 0 bridgehead atoms. The van der Waals surface area contributed by atoms with Crippen molar-refractivity contribution in [2.24, 2.45) is 12.0 Å². The van der Waals surface area contributed by atoms with Gasteiger partial charge in [-0.3, -0.25) is 9.67 Å². The topological polar surface area (TPSA) is 92.5 Å². The number of hydrogen-bond donors (Lipinski definition) is 1. The molecule has 0 spiro atoms. The summed E-state index contributed by atoms with van der Waals surface area (Å²) in [6.07, 6.45) is 1.50. The second-order valence-corrected chi connectivity index (χ2v) is 10.1. The van der Waals surface area contributed by atoms with Crippen LogP contribution < -0.4 is 5.32 Å². The average molecular weight is 421 g/mol. The predicted octanol–water partition coefficient (Wildman–Crippen LogP) is 1.98. The van der Waals surface area contributed by atoms with Gasteiger partial charge in [-0.25, -0.2) is 13.4 Å². The van der Waals surface area contributed by atoms with Crippen molar-refractivity contribution in [3.63, 3.8) is 0 Å². The van der Waals surface area contributed by atoms with E-state index in [1.165, 1.54) is 6.33 Å². The molecule has 0 radical (unpaired) electrons. The second-order valence-electron chi connectivity index (χ2n) is 7.98. The quantitative estimate of drug-likeness (QED) is 0.544. The van der Waals surface area contributed by atoms with Crippen LogP contribution in [0.2, 0.25) is 0 Å². The first kappa shape index (κ1) is 22.9. The highest BCUT2D eigenvalue weighted by atomic mass is 32.2. The zero-order chi connectivity index (χ0) is 21.7. The summed E-state index contributed by atoms with van der Waals surface area (Å²) in [5, 5.41) is 7.25. The number of sulfone groups is 1. The lowest BCUT2D eigenvalue weighted by atomic mass is 9.87. The molecular formula is C20H32N6O2S. The van der Waals surface area contributed by atoms with E-state index in [-0.39, 0.29) is 17.7 Å². The molecule has 0 amide bonds. The standard InChI is InChI=1S/C20H32N6O2S/c1-7-21-19(25(5)14-18-23-15-24-26(18)6)22-12-13-29(27,28)17-10-8-16(9-11-17)20(2,3)4/h8-11,15H,7,12-14H2,1-6H3,(H,21,22). The summed E-state index contributed by atoms with van der Waals surface area (Å²) in [6.45, 7) is 9.65. The van der Waals surface area contributed by atoms with Crippen LogP contribution in [0.4, 0.5) is 0 Å². The highest BCUT2D eigenvalue weighted by molar-refractivity contribution is 7.91. The Balaban J connectivity index is 2.06. The Labute approximate surface area is 174 Å². The molecule has 1 aromatic heterocycles. The Bertz CT molecular complexity index is 927. The van der Waals surface area contributed by atoms with Crippen LogP contribution in [-0.4, -0.2) is 59.9 Å². The molecule has 0 atom stereocenters. The number of aliphatic imine (C=N–C) groups is 1. The second kappa shape index (κ2) is 9.39. The molecule has 0 fully saturated rings. The average Bonchev–Trinajstić information content (AvgIpc) is 3.05. The van der Waals surface area contributed by atoms with E-state index >= 15 is 0 Å². The highest BCUT2D eigenvalue weighted by Gasteiger charge is 2.18. The van der Waals surface area contributed by atoms with Crippen molar-refractivity contribution >= 4 is 15.8 Å². The Kier molecular flexibility index (Phi) is 7.40. The molecule has 2 rings (SSSR count). The summed E-state index contributed by atoms with van der Waals surface area (Å²) in [5.74, 6) is 1.38. The maximum absolute atomic E-state index is 12.7. The van der Waals surface area contributed by atoms with Crippen LogP contribution in [0.1, 0.15) is 39.1 Å². The third-order valence-corrected chi connectivity index (χ3v) is 6.29. The molecule has 0 saturated heterocycles. The molecule has 0 unspecified atom stereocenters. The third kappa shape index (κ3) is 6.28. The van der Waals surface area contributed by atoms with Gasteiger partial charge < -0.3 is 10.2 Å². The van der Waals surface area contributed by atoms with E-state index in [0.717, 1.165) is 11.4 Å². The lowest BCUT2D eigenvalue weighted by Crippen LogP contribution is -2.39. The monoisotopic (exact) mass is 420 g/mol. The maximum atomic E-state index is 12.7. The van der Waals surface area contributed by atoms with Gasteiger partial charge >= 0.3 is 0 Å². The number of nitrogens with zero attached hydrogens (tertiary/aromatic N) is 5. The van der Waals surface area contributed by atoms with E-state index in [2.05, 4.69) is 41.2 Å². The number of benzene rings is 1. The van der Waals surface area contributed by atoms with Crippen LogP contribution in [-0.2, 0) is 28.8 Å². The summed E-state index contributed by atoms with van der Waals surface area (Å²) in [5.41, 5.74) is 1.09. The molecule has 0 saturated carbocycles. The van der Waals surface area contributed by atoms with E-state index in [1.807, 2.05) is 38.1 Å². The molecule has 0 aliphatic carbocycles. The Hall–Kier alpha value is -2.42. The van der Waals surface area contributed by atoms with Crippen molar-refractivity contribution < 1.29 is 8.42 Å². The van der Waals surface area contributed by atoms with Crippen molar-refractivity contribution in [3.8, 4) is 0 Å². The Morgan fingerprint density at radius 3 is 2.41 bits per heavy atom. The molecular weight excluding hydrogens is 388 g/mol. The minimum absolute atomic E-state index is 0.0133. The molecule has 1 aromatic carbocycles. The zero-order valence-electron chi connectivity index (χ0n) is 18.2. The van der Waals surface area contributed by atoms with Crippen molar-refractivity contribution in [2.45, 2.75) is 44.6 Å². The molecule has 9 heteroatoms. The van der Waals surface area contributed by atoms with E-state index in [0.29, 0.717) is 23.9 Å². The molecule has 8 nitrogen and oxygen atoms in total. The molecule has 1 N–H and O–H groups in total. The number of nitrogens with one attached hydrogen (secondary N) is 1. The molecule has 160 valence electrons. The summed E-state index contributed by atoms with van der Waals surface area (Å²) < 4.78 is 27.1. The van der Waals surface area contributed by atoms with Gasteiger partial charge in [0.25, 0.3) is 0 Å². The predicted molar refractivity (Wildman–Crippen MR) is 116 cm³/mol. The Morgan fingerprint density at radius 1 is 1.24 bits per heavy atom. The van der Waals surface area contributed by atoms with Gasteiger partial charge in [0.05, 0.1) is 23.7 Å². The van der Waals surface area contributed by atoms with Crippen LogP contribution in [0, 0.1) is 0 Å². The van der Waals surface area contributed by atoms with Gasteiger partial charge in [0.1, 0.15) is 12.2 Å². The number of aromatic nitrogens is 3. The van der Waals surface area contributed by atoms with Crippen LogP contribution in [0.15, 0.2) is 40.5 Å². The fraction of sp³-hybridized carbons (Fsp3) is 0.550. The van der Waals surface area contributed by atoms with Crippen molar-refractivity contribution in [3.05, 3.63) is 42.0 Å². The number of rotatable bonds is 7. The zero-order valence-corrected chi connectivity index (χ0v) is 19.0. The van der Waals surface area contributed by atoms with E-state index in [4.69, 9.17) is 0 Å². The minimum atomic E-state index is -3.40. The third-order valence-electron chi connectivity index (χ3n) is 4.58. The first-order valence-corrected chi connectivity index (χ1v) is 11.4. The van der Waals surface area contributed by atoms with Crippen LogP contribution in [0.25, 0.3) is 0 Å². The lowest BCUT2D eigenvalue weighted by molar-refractivity contribution is 0.449. The minimum Gasteiger partial charge on any atom is -0.357 e. The maximum Gasteiger partial charge on any atom is 0.194 e. The van der Waals surface area contributed by atoms with E-state index < -0.39 is 9.84 Å². The SMILES string of the molecule is CCNC(=NCCS(=O)(=O)c1ccc(C(C)(C)C)cc1)N(C)Cc1ncnn1C. The fourth-order valence-corrected chi connectivity index (χ4v) is 3.89. The molecule has 2 aromatic rings. The van der Waals surface area contributed by atoms with Gasteiger partial charge in [0.2, 0.25) is 0 Å². The van der Waals surface area contributed by atoms with Crippen LogP contribution in [0.5, 0.6) is 0 Å². The van der Waals surface area contributed by atoms with Gasteiger partial charge in [-0.05, 0) is 30.0 Å². The molecule has 0 aliphatic rings. The van der Waals surface area contributed by atoms with Crippen LogP contribution >= 0.6 is 0 Å². The van der Waals surface area contributed by atoms with Gasteiger partial charge in [-0.15, -0.1) is 0 Å². The van der Waals surface area contributed by atoms with Gasteiger partial charge in [0.15, 0.2) is 15.8 Å². The highest BCUT2D eigenvalue weighted by Crippen LogP contribution is 2.23. The number of aryl methyl sites for hydroxylation is 1. The summed E-state index contributed by atoms with van der Waals surface area (Å²) in [7, 11) is 0.321. The summed E-state index contributed by atoms with van der Waals surface area (Å²) >= 11 is 0.